The molecule has 0 spiro atoms. The molecule has 8 atom stereocenters. The molecule has 228 valence electrons. The SMILES string of the molecule is CC1CCC2CCCC3[O][Ga]([O]C4CCC(CC5CCC([O][Ga]6[O]C7CCCC8CCC(C)[N]6C87)CC5)CC4)[N]1C23. The number of rotatable bonds is 6. The summed E-state index contributed by atoms with van der Waals surface area (Å²) >= 11 is -4.57. The van der Waals surface area contributed by atoms with E-state index in [1.54, 1.807) is 0 Å². The summed E-state index contributed by atoms with van der Waals surface area (Å²) in [4.78, 5) is 0. The van der Waals surface area contributed by atoms with Crippen molar-refractivity contribution in [1.29, 1.82) is 0 Å². The van der Waals surface area contributed by atoms with Gasteiger partial charge in [0.15, 0.2) is 0 Å². The molecule has 0 radical (unpaired) electrons. The first-order valence-corrected chi connectivity index (χ1v) is 24.4. The molecule has 4 saturated carbocycles. The average Bonchev–Trinajstić information content (AvgIpc) is 3.55. The zero-order valence-electron chi connectivity index (χ0n) is 26.0. The van der Waals surface area contributed by atoms with Gasteiger partial charge in [-0.05, 0) is 0 Å². The van der Waals surface area contributed by atoms with E-state index in [-0.39, 0.29) is 0 Å². The number of hydrogen-bond donors (Lipinski definition) is 0. The fraction of sp³-hybridized carbons (Fsp3) is 1.00. The van der Waals surface area contributed by atoms with Gasteiger partial charge in [-0.1, -0.05) is 0 Å². The van der Waals surface area contributed by atoms with Gasteiger partial charge < -0.3 is 0 Å². The van der Waals surface area contributed by atoms with Crippen LogP contribution in [0.25, 0.3) is 0 Å². The summed E-state index contributed by atoms with van der Waals surface area (Å²) in [6, 6.07) is 2.79. The van der Waals surface area contributed by atoms with E-state index in [0.29, 0.717) is 48.6 Å². The van der Waals surface area contributed by atoms with Crippen LogP contribution in [-0.2, 0) is 14.1 Å². The summed E-state index contributed by atoms with van der Waals surface area (Å²) in [6.45, 7) is 4.91. The van der Waals surface area contributed by atoms with Gasteiger partial charge in [0.1, 0.15) is 0 Å². The van der Waals surface area contributed by atoms with Crippen molar-refractivity contribution in [2.75, 3.05) is 0 Å². The molecule has 0 aromatic carbocycles. The van der Waals surface area contributed by atoms with Gasteiger partial charge in [0.25, 0.3) is 0 Å². The Morgan fingerprint density at radius 1 is 0.537 bits per heavy atom. The summed E-state index contributed by atoms with van der Waals surface area (Å²) < 4.78 is 33.2. The molecule has 8 unspecified atom stereocenters. The van der Waals surface area contributed by atoms with E-state index < -0.39 is 34.4 Å². The molecule has 8 aliphatic rings. The van der Waals surface area contributed by atoms with Crippen LogP contribution < -0.4 is 0 Å². The summed E-state index contributed by atoms with van der Waals surface area (Å²) in [5.41, 5.74) is 0. The Balaban J connectivity index is 0.779. The molecule has 41 heavy (non-hydrogen) atoms. The Morgan fingerprint density at radius 3 is 1.41 bits per heavy atom. The van der Waals surface area contributed by atoms with E-state index >= 15 is 0 Å². The van der Waals surface area contributed by atoms with E-state index in [1.807, 2.05) is 0 Å². The first-order chi connectivity index (χ1) is 20.1. The van der Waals surface area contributed by atoms with Crippen molar-refractivity contribution in [2.24, 2.45) is 23.7 Å². The topological polar surface area (TPSA) is 43.4 Å². The predicted molar refractivity (Wildman–Crippen MR) is 163 cm³/mol. The maximum absolute atomic E-state index is 6.95. The molecule has 4 aliphatic heterocycles. The summed E-state index contributed by atoms with van der Waals surface area (Å²) in [5, 5.41) is 0. The zero-order chi connectivity index (χ0) is 27.5. The summed E-state index contributed by atoms with van der Waals surface area (Å²) in [7, 11) is 0. The first kappa shape index (κ1) is 29.4. The van der Waals surface area contributed by atoms with Crippen molar-refractivity contribution in [3.63, 3.8) is 0 Å². The molecule has 0 amide bonds. The maximum atomic E-state index is 6.95. The van der Waals surface area contributed by atoms with Gasteiger partial charge >= 0.3 is 264 Å². The van der Waals surface area contributed by atoms with E-state index in [2.05, 4.69) is 21.1 Å². The molecule has 8 rings (SSSR count). The van der Waals surface area contributed by atoms with Crippen LogP contribution in [0.2, 0.25) is 0 Å². The third-order valence-electron chi connectivity index (χ3n) is 13.4. The van der Waals surface area contributed by atoms with Gasteiger partial charge in [0.05, 0.1) is 0 Å². The molecule has 4 aliphatic carbocycles. The second-order valence-corrected chi connectivity index (χ2v) is 23.2. The third kappa shape index (κ3) is 5.89. The average molecular weight is 684 g/mol. The predicted octanol–water partition coefficient (Wildman–Crippen LogP) is 6.60. The van der Waals surface area contributed by atoms with Crippen LogP contribution in [0.4, 0.5) is 0 Å². The molecule has 0 aromatic rings. The number of hydrogen-bond acceptors (Lipinski definition) is 6. The molecule has 0 bridgehead atoms. The van der Waals surface area contributed by atoms with Crippen LogP contribution in [0.5, 0.6) is 0 Å². The van der Waals surface area contributed by atoms with E-state index in [4.69, 9.17) is 14.1 Å². The Bertz CT molecular complexity index is 828. The van der Waals surface area contributed by atoms with Crippen molar-refractivity contribution in [3.8, 4) is 0 Å². The normalized spacial score (nSPS) is 48.7. The molecule has 8 fully saturated rings. The fourth-order valence-corrected chi connectivity index (χ4v) is 23.0. The summed E-state index contributed by atoms with van der Waals surface area (Å²) in [5.74, 6) is 3.61. The van der Waals surface area contributed by atoms with Crippen molar-refractivity contribution >= 4 is 34.4 Å². The second-order valence-electron chi connectivity index (χ2n) is 15.9. The molecule has 6 nitrogen and oxygen atoms in total. The van der Waals surface area contributed by atoms with Gasteiger partial charge in [0.2, 0.25) is 0 Å². The van der Waals surface area contributed by atoms with Gasteiger partial charge in [0, 0.05) is 0 Å². The molecular formula is C33H56Ga2N2O4. The Kier molecular flexibility index (Phi) is 9.10. The number of piperidine rings is 2. The van der Waals surface area contributed by atoms with Crippen LogP contribution in [-0.4, -0.2) is 90.2 Å². The third-order valence-corrected chi connectivity index (χ3v) is 24.1. The van der Waals surface area contributed by atoms with Gasteiger partial charge in [-0.25, -0.2) is 0 Å². The quantitative estimate of drug-likeness (QED) is 0.294. The molecule has 0 N–H and O–H groups in total. The van der Waals surface area contributed by atoms with E-state index in [1.165, 1.54) is 122 Å². The van der Waals surface area contributed by atoms with Crippen molar-refractivity contribution in [3.05, 3.63) is 0 Å². The Hall–Kier alpha value is 1.03. The van der Waals surface area contributed by atoms with Crippen molar-refractivity contribution in [1.82, 2.24) is 7.21 Å². The molecule has 8 heteroatoms. The molecule has 4 saturated heterocycles. The van der Waals surface area contributed by atoms with Crippen LogP contribution in [0.3, 0.4) is 0 Å². The monoisotopic (exact) mass is 682 g/mol. The van der Waals surface area contributed by atoms with Crippen molar-refractivity contribution in [2.45, 2.75) is 184 Å². The number of nitrogens with zero attached hydrogens (tertiary/aromatic N) is 2. The Labute approximate surface area is 262 Å². The van der Waals surface area contributed by atoms with Crippen LogP contribution in [0, 0.1) is 23.7 Å². The van der Waals surface area contributed by atoms with Crippen LogP contribution in [0.1, 0.15) is 136 Å². The summed E-state index contributed by atoms with van der Waals surface area (Å²) in [6.07, 6.45) is 27.8. The van der Waals surface area contributed by atoms with E-state index in [0.717, 1.165) is 23.7 Å². The fourth-order valence-electron chi connectivity index (χ4n) is 11.2. The van der Waals surface area contributed by atoms with Gasteiger partial charge in [-0.3, -0.25) is 0 Å². The first-order valence-electron chi connectivity index (χ1n) is 18.3. The van der Waals surface area contributed by atoms with Crippen LogP contribution in [0.15, 0.2) is 0 Å². The second kappa shape index (κ2) is 12.7. The standard InChI is InChI=1S/C13H22O2.2C10H17NO.2Ga/c14-12-5-1-10(2-6-12)9-11-3-7-13(15)8-4-11;2*1-7-5-6-8-3-2-4-9(12)10(8)11-7;;/h10-13H,1-9H2;2*7-10H,2-6H2,1H3;;/q3*-2;2*+3. The minimum atomic E-state index is -2.29. The zero-order valence-corrected chi connectivity index (χ0v) is 30.9. The molecule has 4 heterocycles. The Morgan fingerprint density at radius 2 is 0.976 bits per heavy atom. The minimum absolute atomic E-state index is 0.478. The van der Waals surface area contributed by atoms with Gasteiger partial charge in [-0.15, -0.1) is 0 Å². The van der Waals surface area contributed by atoms with Crippen molar-refractivity contribution < 1.29 is 14.1 Å². The van der Waals surface area contributed by atoms with Gasteiger partial charge in [-0.2, -0.15) is 0 Å². The molecular weight excluding hydrogens is 628 g/mol. The molecule has 0 aromatic heterocycles. The van der Waals surface area contributed by atoms with Crippen LogP contribution >= 0.6 is 0 Å². The van der Waals surface area contributed by atoms with E-state index in [9.17, 15) is 0 Å².